The first-order valence-corrected chi connectivity index (χ1v) is 8.76. The largest absolute Gasteiger partial charge is 0.467 e. The molecule has 0 radical (unpaired) electrons. The fraction of sp³-hybridized carbons (Fsp3) is 0.316. The van der Waals surface area contributed by atoms with E-state index in [0.717, 1.165) is 11.3 Å². The van der Waals surface area contributed by atoms with Crippen LogP contribution in [0.1, 0.15) is 44.1 Å². The van der Waals surface area contributed by atoms with Gasteiger partial charge in [0, 0.05) is 17.9 Å². The smallest absolute Gasteiger partial charge is 0.306 e. The Bertz CT molecular complexity index is 815. The van der Waals surface area contributed by atoms with E-state index >= 15 is 0 Å². The highest BCUT2D eigenvalue weighted by Crippen LogP contribution is 2.34. The first kappa shape index (κ1) is 18.2. The van der Waals surface area contributed by atoms with E-state index in [2.05, 4.69) is 5.10 Å². The van der Waals surface area contributed by atoms with Crippen LogP contribution in [0.3, 0.4) is 0 Å². The molecular formula is C19H19ClN2O4. The lowest BCUT2D eigenvalue weighted by molar-refractivity contribution is -0.159. The maximum absolute atomic E-state index is 12.8. The zero-order valence-electron chi connectivity index (χ0n) is 14.5. The van der Waals surface area contributed by atoms with Gasteiger partial charge in [0.25, 0.3) is 5.91 Å². The number of halogens is 1. The van der Waals surface area contributed by atoms with E-state index in [1.807, 2.05) is 12.1 Å². The van der Waals surface area contributed by atoms with Crippen LogP contribution in [0.25, 0.3) is 0 Å². The summed E-state index contributed by atoms with van der Waals surface area (Å²) in [4.78, 5) is 24.3. The number of esters is 1. The Kier molecular flexibility index (Phi) is 5.42. The summed E-state index contributed by atoms with van der Waals surface area (Å²) in [7, 11) is 0. The van der Waals surface area contributed by atoms with Crippen LogP contribution >= 0.6 is 11.6 Å². The van der Waals surface area contributed by atoms with Crippen LogP contribution in [-0.4, -0.2) is 28.7 Å². The number of furan rings is 1. The van der Waals surface area contributed by atoms with Gasteiger partial charge >= 0.3 is 5.97 Å². The summed E-state index contributed by atoms with van der Waals surface area (Å²) in [5.41, 5.74) is 1.62. The van der Waals surface area contributed by atoms with E-state index in [-0.39, 0.29) is 12.5 Å². The van der Waals surface area contributed by atoms with Gasteiger partial charge in [-0.2, -0.15) is 5.10 Å². The Balaban J connectivity index is 1.88. The molecular weight excluding hydrogens is 356 g/mol. The number of carbonyl (C=O) groups excluding carboxylic acids is 2. The lowest BCUT2D eigenvalue weighted by Gasteiger charge is -2.23. The molecule has 26 heavy (non-hydrogen) atoms. The molecule has 0 saturated heterocycles. The summed E-state index contributed by atoms with van der Waals surface area (Å²) in [5.74, 6) is -0.196. The Morgan fingerprint density at radius 3 is 2.69 bits per heavy atom. The van der Waals surface area contributed by atoms with Gasteiger partial charge in [-0.05, 0) is 36.8 Å². The van der Waals surface area contributed by atoms with Crippen molar-refractivity contribution >= 4 is 29.2 Å². The van der Waals surface area contributed by atoms with Gasteiger partial charge in [-0.15, -0.1) is 0 Å². The normalized spacial score (nSPS) is 17.7. The van der Waals surface area contributed by atoms with Gasteiger partial charge in [0.05, 0.1) is 12.0 Å². The SMILES string of the molecule is CCC(=O)O[C@H](C)C(=O)N1N=C(c2ccc(Cl)cc2)C[C@@H]1c1ccco1. The van der Waals surface area contributed by atoms with Crippen molar-refractivity contribution < 1.29 is 18.7 Å². The first-order chi connectivity index (χ1) is 12.5. The number of hydrogen-bond donors (Lipinski definition) is 0. The third kappa shape index (κ3) is 3.80. The first-order valence-electron chi connectivity index (χ1n) is 8.39. The molecule has 2 atom stereocenters. The third-order valence-corrected chi connectivity index (χ3v) is 4.38. The summed E-state index contributed by atoms with van der Waals surface area (Å²) < 4.78 is 10.6. The van der Waals surface area contributed by atoms with Gasteiger partial charge in [-0.25, -0.2) is 5.01 Å². The van der Waals surface area contributed by atoms with Crippen LogP contribution in [0.2, 0.25) is 5.02 Å². The molecule has 1 aromatic carbocycles. The lowest BCUT2D eigenvalue weighted by atomic mass is 10.0. The van der Waals surface area contributed by atoms with Crippen molar-refractivity contribution in [3.63, 3.8) is 0 Å². The molecule has 1 aliphatic heterocycles. The molecule has 1 aromatic heterocycles. The molecule has 0 unspecified atom stereocenters. The van der Waals surface area contributed by atoms with E-state index in [0.29, 0.717) is 17.2 Å². The van der Waals surface area contributed by atoms with Crippen molar-refractivity contribution in [2.75, 3.05) is 0 Å². The molecule has 3 rings (SSSR count). The molecule has 0 aliphatic carbocycles. The summed E-state index contributed by atoms with van der Waals surface area (Å²) in [6.07, 6.45) is 1.33. The predicted octanol–water partition coefficient (Wildman–Crippen LogP) is 3.95. The molecule has 2 heterocycles. The van der Waals surface area contributed by atoms with Crippen LogP contribution < -0.4 is 0 Å². The highest BCUT2D eigenvalue weighted by molar-refractivity contribution is 6.30. The second kappa shape index (κ2) is 7.74. The molecule has 0 spiro atoms. The quantitative estimate of drug-likeness (QED) is 0.743. The van der Waals surface area contributed by atoms with Crippen LogP contribution in [0, 0.1) is 0 Å². The van der Waals surface area contributed by atoms with E-state index in [4.69, 9.17) is 20.8 Å². The Morgan fingerprint density at radius 1 is 1.35 bits per heavy atom. The number of carbonyl (C=O) groups is 2. The summed E-state index contributed by atoms with van der Waals surface area (Å²) in [6.45, 7) is 3.22. The van der Waals surface area contributed by atoms with Crippen LogP contribution in [0.15, 0.2) is 52.2 Å². The van der Waals surface area contributed by atoms with Gasteiger partial charge in [-0.1, -0.05) is 30.7 Å². The molecule has 0 bridgehead atoms. The van der Waals surface area contributed by atoms with Gasteiger partial charge in [0.2, 0.25) is 0 Å². The number of rotatable bonds is 5. The average Bonchev–Trinajstić information content (AvgIpc) is 3.30. The number of amides is 1. The molecule has 0 fully saturated rings. The van der Waals surface area contributed by atoms with Gasteiger partial charge in [0.1, 0.15) is 11.8 Å². The zero-order chi connectivity index (χ0) is 18.7. The Hall–Kier alpha value is -2.60. The Morgan fingerprint density at radius 2 is 2.08 bits per heavy atom. The van der Waals surface area contributed by atoms with Crippen molar-refractivity contribution in [2.24, 2.45) is 5.10 Å². The van der Waals surface area contributed by atoms with E-state index < -0.39 is 18.0 Å². The van der Waals surface area contributed by atoms with Crippen molar-refractivity contribution in [1.82, 2.24) is 5.01 Å². The maximum Gasteiger partial charge on any atom is 0.306 e. The van der Waals surface area contributed by atoms with E-state index in [1.165, 1.54) is 5.01 Å². The highest BCUT2D eigenvalue weighted by atomic mass is 35.5. The molecule has 7 heteroatoms. The summed E-state index contributed by atoms with van der Waals surface area (Å²) in [6, 6.07) is 10.4. The van der Waals surface area contributed by atoms with Crippen molar-refractivity contribution in [3.8, 4) is 0 Å². The third-order valence-electron chi connectivity index (χ3n) is 4.13. The van der Waals surface area contributed by atoms with Crippen LogP contribution in [0.5, 0.6) is 0 Å². The van der Waals surface area contributed by atoms with Crippen molar-refractivity contribution in [1.29, 1.82) is 0 Å². The standard InChI is InChI=1S/C19H19ClN2O4/c1-3-18(23)26-12(2)19(24)22-16(17-5-4-10-25-17)11-15(21-22)13-6-8-14(20)9-7-13/h4-10,12,16H,3,11H2,1-2H3/t12-,16-/m1/s1. The zero-order valence-corrected chi connectivity index (χ0v) is 15.3. The van der Waals surface area contributed by atoms with Crippen LogP contribution in [-0.2, 0) is 14.3 Å². The fourth-order valence-corrected chi connectivity index (χ4v) is 2.88. The van der Waals surface area contributed by atoms with Gasteiger partial charge in [0.15, 0.2) is 6.10 Å². The number of hydrogen-bond acceptors (Lipinski definition) is 5. The van der Waals surface area contributed by atoms with Gasteiger partial charge in [-0.3, -0.25) is 9.59 Å². The molecule has 136 valence electrons. The Labute approximate surface area is 156 Å². The second-order valence-corrected chi connectivity index (χ2v) is 6.39. The summed E-state index contributed by atoms with van der Waals surface area (Å²) in [5, 5.41) is 6.46. The van der Waals surface area contributed by atoms with E-state index in [1.54, 1.807) is 44.4 Å². The summed E-state index contributed by atoms with van der Waals surface area (Å²) >= 11 is 5.94. The van der Waals surface area contributed by atoms with Gasteiger partial charge < -0.3 is 9.15 Å². The molecule has 0 saturated carbocycles. The van der Waals surface area contributed by atoms with E-state index in [9.17, 15) is 9.59 Å². The second-order valence-electron chi connectivity index (χ2n) is 5.96. The van der Waals surface area contributed by atoms with Crippen molar-refractivity contribution in [2.45, 2.75) is 38.8 Å². The number of ether oxygens (including phenoxy) is 1. The minimum absolute atomic E-state index is 0.207. The molecule has 1 aliphatic rings. The number of benzene rings is 1. The molecule has 6 nitrogen and oxygen atoms in total. The van der Waals surface area contributed by atoms with Crippen molar-refractivity contribution in [3.05, 3.63) is 59.0 Å². The van der Waals surface area contributed by atoms with Crippen LogP contribution in [0.4, 0.5) is 0 Å². The molecule has 1 amide bonds. The predicted molar refractivity (Wildman–Crippen MR) is 96.7 cm³/mol. The monoisotopic (exact) mass is 374 g/mol. The molecule has 2 aromatic rings. The maximum atomic E-state index is 12.8. The minimum atomic E-state index is -0.923. The topological polar surface area (TPSA) is 72.1 Å². The molecule has 0 N–H and O–H groups in total. The fourth-order valence-electron chi connectivity index (χ4n) is 2.75. The number of hydrazone groups is 1. The average molecular weight is 375 g/mol. The number of nitrogens with zero attached hydrogens (tertiary/aromatic N) is 2. The lowest BCUT2D eigenvalue weighted by Crippen LogP contribution is -2.37. The highest BCUT2D eigenvalue weighted by Gasteiger charge is 2.37. The minimum Gasteiger partial charge on any atom is -0.467 e.